The second-order valence-corrected chi connectivity index (χ2v) is 2.96. The summed E-state index contributed by atoms with van der Waals surface area (Å²) < 4.78 is 0.713. The number of hydrogen-bond acceptors (Lipinski definition) is 1. The van der Waals surface area contributed by atoms with Gasteiger partial charge in [-0.3, -0.25) is 0 Å². The molecule has 0 aliphatic rings. The number of halogens is 1. The number of fused-ring (bicyclic) bond motifs is 1. The minimum Gasteiger partial charge on any atom is -0.619 e. The molecule has 60 valence electrons. The van der Waals surface area contributed by atoms with E-state index in [9.17, 15) is 5.21 Å². The zero-order valence-corrected chi connectivity index (χ0v) is 6.95. The van der Waals surface area contributed by atoms with E-state index in [4.69, 9.17) is 11.6 Å². The van der Waals surface area contributed by atoms with Crippen molar-refractivity contribution in [1.82, 2.24) is 0 Å². The number of aromatic nitrogens is 1. The van der Waals surface area contributed by atoms with Crippen LogP contribution in [0, 0.1) is 5.21 Å². The molecule has 1 heterocycles. The van der Waals surface area contributed by atoms with Crippen LogP contribution in [0.5, 0.6) is 0 Å². The predicted octanol–water partition coefficient (Wildman–Crippen LogP) is 2.13. The summed E-state index contributed by atoms with van der Waals surface area (Å²) in [6, 6.07) is 7.51. The molecule has 0 amide bonds. The molecule has 1 aromatic carbocycles. The highest BCUT2D eigenvalue weighted by Crippen LogP contribution is 2.19. The molecule has 0 N–H and O–H groups in total. The lowest BCUT2D eigenvalue weighted by molar-refractivity contribution is -0.603. The first-order valence-corrected chi connectivity index (χ1v) is 3.92. The van der Waals surface area contributed by atoms with Gasteiger partial charge < -0.3 is 5.21 Å². The summed E-state index contributed by atoms with van der Waals surface area (Å²) in [5.74, 6) is 0. The Morgan fingerprint density at radius 3 is 2.75 bits per heavy atom. The van der Waals surface area contributed by atoms with E-state index in [-0.39, 0.29) is 0 Å². The Labute approximate surface area is 74.6 Å². The Balaban J connectivity index is 2.89. The highest BCUT2D eigenvalue weighted by Gasteiger charge is 2.02. The van der Waals surface area contributed by atoms with Gasteiger partial charge in [0.1, 0.15) is 5.02 Å². The Kier molecular flexibility index (Phi) is 1.62. The van der Waals surface area contributed by atoms with Gasteiger partial charge in [0.05, 0.1) is 0 Å². The summed E-state index contributed by atoms with van der Waals surface area (Å²) in [6.07, 6.45) is 2.85. The van der Waals surface area contributed by atoms with Crippen molar-refractivity contribution in [3.8, 4) is 0 Å². The van der Waals surface area contributed by atoms with Crippen LogP contribution < -0.4 is 4.73 Å². The molecular weight excluding hydrogens is 174 g/mol. The van der Waals surface area contributed by atoms with Gasteiger partial charge in [0.25, 0.3) is 0 Å². The van der Waals surface area contributed by atoms with Gasteiger partial charge in [0.2, 0.25) is 0 Å². The fourth-order valence-corrected chi connectivity index (χ4v) is 1.45. The fraction of sp³-hybridized carbons (Fsp3) is 0. The molecule has 0 fully saturated rings. The van der Waals surface area contributed by atoms with Crippen molar-refractivity contribution in [2.24, 2.45) is 0 Å². The normalized spacial score (nSPS) is 10.4. The van der Waals surface area contributed by atoms with Crippen LogP contribution in [-0.2, 0) is 0 Å². The summed E-state index contributed by atoms with van der Waals surface area (Å²) in [5, 5.41) is 13.2. The zero-order valence-electron chi connectivity index (χ0n) is 6.20. The molecule has 0 saturated heterocycles. The van der Waals surface area contributed by atoms with Crippen LogP contribution in [0.15, 0.2) is 36.7 Å². The summed E-state index contributed by atoms with van der Waals surface area (Å²) in [5.41, 5.74) is 0. The Hall–Kier alpha value is -1.28. The highest BCUT2D eigenvalue weighted by atomic mass is 35.5. The summed E-state index contributed by atoms with van der Waals surface area (Å²) >= 11 is 5.84. The van der Waals surface area contributed by atoms with Crippen LogP contribution in [0.25, 0.3) is 10.8 Å². The van der Waals surface area contributed by atoms with E-state index >= 15 is 0 Å². The molecule has 3 heteroatoms. The molecule has 0 aliphatic heterocycles. The summed E-state index contributed by atoms with van der Waals surface area (Å²) in [4.78, 5) is 0. The van der Waals surface area contributed by atoms with Gasteiger partial charge in [-0.05, 0) is 6.07 Å². The maximum Gasteiger partial charge on any atom is 0.199 e. The molecule has 0 aliphatic carbocycles. The van der Waals surface area contributed by atoms with Crippen molar-refractivity contribution in [3.05, 3.63) is 46.9 Å². The lowest BCUT2D eigenvalue weighted by atomic mass is 10.2. The second kappa shape index (κ2) is 2.64. The lowest BCUT2D eigenvalue weighted by Gasteiger charge is -1.99. The molecule has 0 unspecified atom stereocenters. The minimum absolute atomic E-state index is 0.489. The first-order chi connectivity index (χ1) is 5.77. The molecule has 0 bridgehead atoms. The van der Waals surface area contributed by atoms with Crippen molar-refractivity contribution < 1.29 is 4.73 Å². The van der Waals surface area contributed by atoms with Gasteiger partial charge in [0, 0.05) is 10.8 Å². The molecule has 1 aromatic heterocycles. The van der Waals surface area contributed by atoms with Gasteiger partial charge >= 0.3 is 0 Å². The maximum absolute atomic E-state index is 10.9. The molecule has 0 atom stereocenters. The van der Waals surface area contributed by atoms with Crippen molar-refractivity contribution in [2.45, 2.75) is 0 Å². The van der Waals surface area contributed by atoms with Gasteiger partial charge in [-0.25, -0.2) is 0 Å². The number of rotatable bonds is 0. The van der Waals surface area contributed by atoms with E-state index < -0.39 is 0 Å². The van der Waals surface area contributed by atoms with E-state index in [1.165, 1.54) is 12.4 Å². The van der Waals surface area contributed by atoms with E-state index in [1.54, 1.807) is 0 Å². The number of nitrogens with zero attached hydrogens (tertiary/aromatic N) is 1. The van der Waals surface area contributed by atoms with Crippen molar-refractivity contribution >= 4 is 22.4 Å². The SMILES string of the molecule is [O-][n+]1cc(Cl)c2ccccc2c1. The number of benzene rings is 1. The van der Waals surface area contributed by atoms with Crippen LogP contribution >= 0.6 is 11.6 Å². The first-order valence-electron chi connectivity index (χ1n) is 3.54. The molecular formula is C9H6ClNO. The Morgan fingerprint density at radius 1 is 1.17 bits per heavy atom. The smallest absolute Gasteiger partial charge is 0.199 e. The average molecular weight is 180 g/mol. The Bertz CT molecular complexity index is 428. The molecule has 2 aromatic rings. The average Bonchev–Trinajstić information content (AvgIpc) is 2.04. The zero-order chi connectivity index (χ0) is 8.55. The van der Waals surface area contributed by atoms with Crippen molar-refractivity contribution in [2.75, 3.05) is 0 Å². The molecule has 0 spiro atoms. The van der Waals surface area contributed by atoms with Crippen molar-refractivity contribution in [3.63, 3.8) is 0 Å². The first kappa shape index (κ1) is 7.37. The van der Waals surface area contributed by atoms with Crippen LogP contribution in [0.3, 0.4) is 0 Å². The third-order valence-corrected chi connectivity index (χ3v) is 2.03. The number of hydrogen-bond donors (Lipinski definition) is 0. The molecule has 0 saturated carbocycles. The van der Waals surface area contributed by atoms with Gasteiger partial charge in [0.15, 0.2) is 12.4 Å². The predicted molar refractivity (Wildman–Crippen MR) is 47.9 cm³/mol. The molecule has 2 rings (SSSR count). The summed E-state index contributed by atoms with van der Waals surface area (Å²) in [7, 11) is 0. The molecule has 12 heavy (non-hydrogen) atoms. The third-order valence-electron chi connectivity index (χ3n) is 1.73. The van der Waals surface area contributed by atoms with Gasteiger partial charge in [-0.2, -0.15) is 4.73 Å². The second-order valence-electron chi connectivity index (χ2n) is 2.55. The highest BCUT2D eigenvalue weighted by molar-refractivity contribution is 6.35. The number of pyridine rings is 1. The maximum atomic E-state index is 10.9. The van der Waals surface area contributed by atoms with Gasteiger partial charge in [-0.15, -0.1) is 0 Å². The largest absolute Gasteiger partial charge is 0.619 e. The standard InChI is InChI=1S/C9H6ClNO/c10-9-6-11(12)5-7-3-1-2-4-8(7)9/h1-6H. The molecule has 0 radical (unpaired) electrons. The third kappa shape index (κ3) is 1.10. The van der Waals surface area contributed by atoms with Crippen LogP contribution in [0.1, 0.15) is 0 Å². The summed E-state index contributed by atoms with van der Waals surface area (Å²) in [6.45, 7) is 0. The van der Waals surface area contributed by atoms with E-state index in [1.807, 2.05) is 24.3 Å². The Morgan fingerprint density at radius 2 is 1.92 bits per heavy atom. The quantitative estimate of drug-likeness (QED) is 0.450. The minimum atomic E-state index is 0.489. The van der Waals surface area contributed by atoms with E-state index in [0.717, 1.165) is 10.8 Å². The van der Waals surface area contributed by atoms with Crippen molar-refractivity contribution in [1.29, 1.82) is 0 Å². The lowest BCUT2D eigenvalue weighted by Crippen LogP contribution is -2.24. The van der Waals surface area contributed by atoms with Gasteiger partial charge in [-0.1, -0.05) is 29.8 Å². The van der Waals surface area contributed by atoms with E-state index in [0.29, 0.717) is 9.75 Å². The van der Waals surface area contributed by atoms with Crippen LogP contribution in [0.2, 0.25) is 5.02 Å². The topological polar surface area (TPSA) is 26.9 Å². The monoisotopic (exact) mass is 179 g/mol. The van der Waals surface area contributed by atoms with Crippen LogP contribution in [0.4, 0.5) is 0 Å². The van der Waals surface area contributed by atoms with Crippen LogP contribution in [-0.4, -0.2) is 0 Å². The van der Waals surface area contributed by atoms with E-state index in [2.05, 4.69) is 0 Å². The molecule has 2 nitrogen and oxygen atoms in total. The fourth-order valence-electron chi connectivity index (χ4n) is 1.18.